The third kappa shape index (κ3) is 2.50. The van der Waals surface area contributed by atoms with Crippen molar-refractivity contribution in [1.29, 1.82) is 0 Å². The minimum atomic E-state index is -4.53. The van der Waals surface area contributed by atoms with E-state index in [1.807, 2.05) is 0 Å². The molecule has 5 nitrogen and oxygen atoms in total. The Hall–Kier alpha value is -2.42. The number of carbonyl (C=O) groups excluding carboxylic acids is 1. The highest BCUT2D eigenvalue weighted by atomic mass is 79.9. The molecule has 9 heteroatoms. The van der Waals surface area contributed by atoms with E-state index in [0.29, 0.717) is 32.6 Å². The maximum atomic E-state index is 13.0. The molecule has 0 atom stereocenters. The van der Waals surface area contributed by atoms with Crippen LogP contribution in [0, 0.1) is 6.92 Å². The largest absolute Gasteiger partial charge is 0.433 e. The van der Waals surface area contributed by atoms with Gasteiger partial charge in [-0.15, -0.1) is 0 Å². The van der Waals surface area contributed by atoms with E-state index in [2.05, 4.69) is 31.2 Å². The number of halogens is 4. The number of alkyl halides is 3. The molecule has 0 aromatic carbocycles. The number of nitrogens with one attached hydrogen (secondary N) is 1. The van der Waals surface area contributed by atoms with Crippen LogP contribution in [0.5, 0.6) is 0 Å². The lowest BCUT2D eigenvalue weighted by molar-refractivity contribution is -0.141. The number of aromatic nitrogens is 3. The van der Waals surface area contributed by atoms with Crippen LogP contribution in [0.1, 0.15) is 17.0 Å². The lowest BCUT2D eigenvalue weighted by Crippen LogP contribution is -2.09. The van der Waals surface area contributed by atoms with Crippen molar-refractivity contribution in [3.8, 4) is 5.69 Å². The first-order chi connectivity index (χ1) is 11.8. The first-order valence-corrected chi connectivity index (χ1v) is 8.09. The van der Waals surface area contributed by atoms with Gasteiger partial charge >= 0.3 is 6.18 Å². The maximum Gasteiger partial charge on any atom is 0.433 e. The number of rotatable bonds is 1. The smallest absolute Gasteiger partial charge is 0.310 e. The molecule has 0 fully saturated rings. The van der Waals surface area contributed by atoms with Gasteiger partial charge in [0.1, 0.15) is 17.2 Å². The fourth-order valence-electron chi connectivity index (χ4n) is 2.93. The van der Waals surface area contributed by atoms with Gasteiger partial charge in [0.25, 0.3) is 0 Å². The van der Waals surface area contributed by atoms with Crippen LogP contribution in [-0.4, -0.2) is 20.4 Å². The zero-order valence-electron chi connectivity index (χ0n) is 12.8. The summed E-state index contributed by atoms with van der Waals surface area (Å²) >= 11 is 3.42. The first kappa shape index (κ1) is 16.1. The lowest BCUT2D eigenvalue weighted by Gasteiger charge is -2.10. The van der Waals surface area contributed by atoms with Crippen LogP contribution in [0.15, 0.2) is 28.9 Å². The van der Waals surface area contributed by atoms with Gasteiger partial charge < -0.3 is 5.32 Å². The summed E-state index contributed by atoms with van der Waals surface area (Å²) in [6, 6.07) is 4.09. The zero-order chi connectivity index (χ0) is 17.9. The van der Waals surface area contributed by atoms with Crippen LogP contribution >= 0.6 is 15.9 Å². The normalized spacial score (nSPS) is 14.0. The zero-order valence-corrected chi connectivity index (χ0v) is 14.4. The molecule has 3 aromatic rings. The van der Waals surface area contributed by atoms with E-state index < -0.39 is 11.9 Å². The molecule has 0 aliphatic carbocycles. The number of hydrogen-bond acceptors (Lipinski definition) is 3. The molecule has 128 valence electrons. The molecule has 1 N–H and O–H groups in total. The Morgan fingerprint density at radius 2 is 2.08 bits per heavy atom. The Morgan fingerprint density at radius 1 is 1.32 bits per heavy atom. The number of fused-ring (bicyclic) bond motifs is 2. The van der Waals surface area contributed by atoms with Crippen LogP contribution in [0.4, 0.5) is 19.0 Å². The van der Waals surface area contributed by atoms with Gasteiger partial charge in [-0.3, -0.25) is 9.36 Å². The number of nitrogens with zero attached hydrogens (tertiary/aromatic N) is 3. The fourth-order valence-corrected chi connectivity index (χ4v) is 3.42. The monoisotopic (exact) mass is 410 g/mol. The Morgan fingerprint density at radius 3 is 2.80 bits per heavy atom. The summed E-state index contributed by atoms with van der Waals surface area (Å²) in [4.78, 5) is 19.5. The molecule has 4 rings (SSSR count). The second-order valence-electron chi connectivity index (χ2n) is 5.73. The van der Waals surface area contributed by atoms with Crippen LogP contribution < -0.4 is 5.32 Å². The van der Waals surface area contributed by atoms with Gasteiger partial charge in [0.2, 0.25) is 5.91 Å². The molecule has 3 aromatic heterocycles. The molecule has 0 bridgehead atoms. The molecule has 0 saturated heterocycles. The van der Waals surface area contributed by atoms with Crippen molar-refractivity contribution in [1.82, 2.24) is 14.5 Å². The van der Waals surface area contributed by atoms with E-state index in [1.165, 1.54) is 12.3 Å². The third-order valence-corrected chi connectivity index (χ3v) is 5.09. The minimum absolute atomic E-state index is 0.160. The summed E-state index contributed by atoms with van der Waals surface area (Å²) in [7, 11) is 0. The Bertz CT molecular complexity index is 1040. The van der Waals surface area contributed by atoms with Crippen LogP contribution in [0.2, 0.25) is 0 Å². The highest BCUT2D eigenvalue weighted by molar-refractivity contribution is 9.10. The van der Waals surface area contributed by atoms with E-state index >= 15 is 0 Å². The minimum Gasteiger partial charge on any atom is -0.310 e. The number of pyridine rings is 2. The molecule has 4 heterocycles. The van der Waals surface area contributed by atoms with E-state index in [0.717, 1.165) is 6.07 Å². The summed E-state index contributed by atoms with van der Waals surface area (Å²) in [5.74, 6) is 0.318. The molecule has 0 radical (unpaired) electrons. The van der Waals surface area contributed by atoms with Gasteiger partial charge in [-0.1, -0.05) is 0 Å². The van der Waals surface area contributed by atoms with Gasteiger partial charge in [-0.05, 0) is 41.1 Å². The summed E-state index contributed by atoms with van der Waals surface area (Å²) in [5, 5.41) is 3.20. The predicted octanol–water partition coefficient (Wildman–Crippen LogP) is 4.00. The molecule has 25 heavy (non-hydrogen) atoms. The second-order valence-corrected chi connectivity index (χ2v) is 6.52. The molecule has 0 saturated carbocycles. The standard InChI is InChI=1S/C16H10BrF3N4O/c1-7-13(17)10-2-3-11(16(18,19)20)22-15(10)24(7)9-4-8-5-12(25)23-14(8)21-6-9/h2-4,6H,5H2,1H3,(H,21,23,25). The summed E-state index contributed by atoms with van der Waals surface area (Å²) in [5.41, 5.74) is 1.17. The fraction of sp³-hybridized carbons (Fsp3) is 0.188. The lowest BCUT2D eigenvalue weighted by atomic mass is 10.2. The highest BCUT2D eigenvalue weighted by Crippen LogP contribution is 2.36. The number of carbonyl (C=O) groups is 1. The van der Waals surface area contributed by atoms with Crippen molar-refractivity contribution < 1.29 is 18.0 Å². The Kier molecular flexibility index (Phi) is 3.40. The van der Waals surface area contributed by atoms with Gasteiger partial charge in [0.15, 0.2) is 0 Å². The van der Waals surface area contributed by atoms with Crippen LogP contribution in [0.25, 0.3) is 16.7 Å². The molecule has 1 aliphatic rings. The van der Waals surface area contributed by atoms with Gasteiger partial charge in [-0.2, -0.15) is 13.2 Å². The van der Waals surface area contributed by atoms with Crippen molar-refractivity contribution >= 4 is 38.7 Å². The Labute approximate surface area is 148 Å². The molecular weight excluding hydrogens is 401 g/mol. The quantitative estimate of drug-likeness (QED) is 0.659. The van der Waals surface area contributed by atoms with Crippen molar-refractivity contribution in [2.45, 2.75) is 19.5 Å². The number of amides is 1. The molecule has 0 spiro atoms. The van der Waals surface area contributed by atoms with Gasteiger partial charge in [0.05, 0.1) is 18.3 Å². The van der Waals surface area contributed by atoms with E-state index in [1.54, 1.807) is 17.6 Å². The van der Waals surface area contributed by atoms with Crippen molar-refractivity contribution in [3.05, 3.63) is 45.8 Å². The van der Waals surface area contributed by atoms with Gasteiger partial charge in [-0.25, -0.2) is 9.97 Å². The summed E-state index contributed by atoms with van der Waals surface area (Å²) in [6.45, 7) is 1.77. The maximum absolute atomic E-state index is 13.0. The summed E-state index contributed by atoms with van der Waals surface area (Å²) in [6.07, 6.45) is -2.84. The predicted molar refractivity (Wildman–Crippen MR) is 88.6 cm³/mol. The van der Waals surface area contributed by atoms with Crippen molar-refractivity contribution in [3.63, 3.8) is 0 Å². The topological polar surface area (TPSA) is 59.8 Å². The van der Waals surface area contributed by atoms with Crippen LogP contribution in [-0.2, 0) is 17.4 Å². The summed E-state index contributed by atoms with van der Waals surface area (Å²) < 4.78 is 41.4. The average Bonchev–Trinajstić information content (AvgIpc) is 3.03. The highest BCUT2D eigenvalue weighted by Gasteiger charge is 2.33. The molecule has 1 aliphatic heterocycles. The SMILES string of the molecule is Cc1c(Br)c2ccc(C(F)(F)F)nc2n1-c1cnc2c(c1)CC(=O)N2. The second kappa shape index (κ2) is 5.29. The number of hydrogen-bond donors (Lipinski definition) is 1. The average molecular weight is 411 g/mol. The van der Waals surface area contributed by atoms with Crippen molar-refractivity contribution in [2.75, 3.05) is 5.32 Å². The van der Waals surface area contributed by atoms with Gasteiger partial charge in [0, 0.05) is 21.1 Å². The molecule has 0 unspecified atom stereocenters. The molecule has 1 amide bonds. The van der Waals surface area contributed by atoms with E-state index in [-0.39, 0.29) is 18.0 Å². The molecular formula is C16H10BrF3N4O. The van der Waals surface area contributed by atoms with E-state index in [9.17, 15) is 18.0 Å². The number of anilines is 1. The third-order valence-electron chi connectivity index (χ3n) is 4.09. The van der Waals surface area contributed by atoms with Crippen molar-refractivity contribution in [2.24, 2.45) is 0 Å². The Balaban J connectivity index is 1.97. The van der Waals surface area contributed by atoms with E-state index in [4.69, 9.17) is 0 Å². The first-order valence-electron chi connectivity index (χ1n) is 7.29. The van der Waals surface area contributed by atoms with Crippen LogP contribution in [0.3, 0.4) is 0 Å².